The summed E-state index contributed by atoms with van der Waals surface area (Å²) >= 11 is 0. The Morgan fingerprint density at radius 1 is 0.667 bits per heavy atom. The van der Waals surface area contributed by atoms with Gasteiger partial charge in [0.2, 0.25) is 0 Å². The SMILES string of the molecule is CC(C)(C)c1ccc2c(c1C(C)(C)C)[CH]c1ccccc1-2. The highest BCUT2D eigenvalue weighted by molar-refractivity contribution is 5.83. The minimum Gasteiger partial charge on any atom is -0.0619 e. The summed E-state index contributed by atoms with van der Waals surface area (Å²) in [6.07, 6.45) is 2.38. The quantitative estimate of drug-likeness (QED) is 0.482. The zero-order chi connectivity index (χ0) is 15.4. The van der Waals surface area contributed by atoms with Crippen molar-refractivity contribution >= 4 is 0 Å². The summed E-state index contributed by atoms with van der Waals surface area (Å²) in [4.78, 5) is 0. The van der Waals surface area contributed by atoms with Crippen LogP contribution in [0, 0.1) is 6.42 Å². The Hall–Kier alpha value is -1.56. The van der Waals surface area contributed by atoms with E-state index >= 15 is 0 Å². The van der Waals surface area contributed by atoms with Gasteiger partial charge in [0.05, 0.1) is 0 Å². The summed E-state index contributed by atoms with van der Waals surface area (Å²) in [5.41, 5.74) is 8.83. The molecule has 3 rings (SSSR count). The molecule has 0 amide bonds. The molecule has 1 radical (unpaired) electrons. The maximum Gasteiger partial charge on any atom is 0.0215 e. The summed E-state index contributed by atoms with van der Waals surface area (Å²) in [7, 11) is 0. The molecule has 1 aliphatic carbocycles. The van der Waals surface area contributed by atoms with Crippen LogP contribution in [-0.4, -0.2) is 0 Å². The van der Waals surface area contributed by atoms with Crippen molar-refractivity contribution in [1.82, 2.24) is 0 Å². The molecule has 0 fully saturated rings. The molecule has 0 heterocycles. The molecule has 0 nitrogen and oxygen atoms in total. The number of fused-ring (bicyclic) bond motifs is 3. The van der Waals surface area contributed by atoms with E-state index in [1.54, 1.807) is 0 Å². The van der Waals surface area contributed by atoms with Crippen LogP contribution < -0.4 is 0 Å². The van der Waals surface area contributed by atoms with Gasteiger partial charge in [-0.05, 0) is 44.2 Å². The largest absolute Gasteiger partial charge is 0.0619 e. The minimum atomic E-state index is 0.145. The Bertz CT molecular complexity index is 691. The van der Waals surface area contributed by atoms with Crippen LogP contribution in [0.25, 0.3) is 11.1 Å². The van der Waals surface area contributed by atoms with Gasteiger partial charge in [-0.3, -0.25) is 0 Å². The van der Waals surface area contributed by atoms with Crippen molar-refractivity contribution in [3.05, 3.63) is 65.1 Å². The third-order valence-electron chi connectivity index (χ3n) is 4.35. The number of benzene rings is 2. The Morgan fingerprint density at radius 2 is 1.33 bits per heavy atom. The monoisotopic (exact) mass is 277 g/mol. The van der Waals surface area contributed by atoms with E-state index in [1.165, 1.54) is 33.4 Å². The lowest BCUT2D eigenvalue weighted by molar-refractivity contribution is 0.528. The zero-order valence-corrected chi connectivity index (χ0v) is 14.0. The van der Waals surface area contributed by atoms with Gasteiger partial charge < -0.3 is 0 Å². The van der Waals surface area contributed by atoms with Crippen molar-refractivity contribution in [1.29, 1.82) is 0 Å². The van der Waals surface area contributed by atoms with Gasteiger partial charge in [0, 0.05) is 6.42 Å². The molecule has 109 valence electrons. The standard InChI is InChI=1S/C21H25/c1-20(2,3)18-12-11-16-15-10-8-7-9-14(15)13-17(16)19(18)21(4,5)6/h7-13H,1-6H3. The number of hydrogen-bond acceptors (Lipinski definition) is 0. The van der Waals surface area contributed by atoms with Gasteiger partial charge in [-0.15, -0.1) is 0 Å². The lowest BCUT2D eigenvalue weighted by atomic mass is 9.72. The van der Waals surface area contributed by atoms with E-state index < -0.39 is 0 Å². The second-order valence-corrected chi connectivity index (χ2v) is 8.18. The van der Waals surface area contributed by atoms with E-state index in [1.807, 2.05) is 0 Å². The highest BCUT2D eigenvalue weighted by Gasteiger charge is 2.32. The maximum absolute atomic E-state index is 2.38. The van der Waals surface area contributed by atoms with Crippen LogP contribution in [0.1, 0.15) is 63.8 Å². The van der Waals surface area contributed by atoms with Crippen molar-refractivity contribution in [2.24, 2.45) is 0 Å². The van der Waals surface area contributed by atoms with Crippen LogP contribution in [0.2, 0.25) is 0 Å². The first-order valence-corrected chi connectivity index (χ1v) is 7.82. The Morgan fingerprint density at radius 3 is 1.95 bits per heavy atom. The molecule has 0 N–H and O–H groups in total. The molecule has 2 aromatic carbocycles. The van der Waals surface area contributed by atoms with Gasteiger partial charge in [0.25, 0.3) is 0 Å². The Kier molecular flexibility index (Phi) is 3.06. The predicted molar refractivity (Wildman–Crippen MR) is 91.8 cm³/mol. The summed E-state index contributed by atoms with van der Waals surface area (Å²) in [6, 6.07) is 13.4. The maximum atomic E-state index is 2.38. The summed E-state index contributed by atoms with van der Waals surface area (Å²) in [6.45, 7) is 13.9. The van der Waals surface area contributed by atoms with Gasteiger partial charge in [-0.2, -0.15) is 0 Å². The lowest BCUT2D eigenvalue weighted by Crippen LogP contribution is -2.23. The normalized spacial score (nSPS) is 14.0. The molecule has 0 unspecified atom stereocenters. The average Bonchev–Trinajstić information content (AvgIpc) is 2.73. The third-order valence-corrected chi connectivity index (χ3v) is 4.35. The van der Waals surface area contributed by atoms with Gasteiger partial charge >= 0.3 is 0 Å². The predicted octanol–water partition coefficient (Wildman–Crippen LogP) is 5.86. The summed E-state index contributed by atoms with van der Waals surface area (Å²) in [5.74, 6) is 0. The van der Waals surface area contributed by atoms with E-state index in [0.717, 1.165) is 0 Å². The molecule has 21 heavy (non-hydrogen) atoms. The fraction of sp³-hybridized carbons (Fsp3) is 0.381. The lowest BCUT2D eigenvalue weighted by Gasteiger charge is -2.32. The fourth-order valence-corrected chi connectivity index (χ4v) is 3.46. The molecule has 0 spiro atoms. The van der Waals surface area contributed by atoms with Crippen LogP contribution >= 0.6 is 0 Å². The molecule has 0 heteroatoms. The first-order valence-electron chi connectivity index (χ1n) is 7.82. The van der Waals surface area contributed by atoms with Crippen LogP contribution in [0.4, 0.5) is 0 Å². The fourth-order valence-electron chi connectivity index (χ4n) is 3.46. The van der Waals surface area contributed by atoms with Crippen molar-refractivity contribution in [3.8, 4) is 11.1 Å². The van der Waals surface area contributed by atoms with E-state index in [0.29, 0.717) is 0 Å². The highest BCUT2D eigenvalue weighted by atomic mass is 14.4. The molecule has 0 saturated heterocycles. The second kappa shape index (κ2) is 4.47. The summed E-state index contributed by atoms with van der Waals surface area (Å²) in [5, 5.41) is 0. The number of rotatable bonds is 0. The van der Waals surface area contributed by atoms with Crippen molar-refractivity contribution in [2.45, 2.75) is 52.4 Å². The van der Waals surface area contributed by atoms with E-state index in [-0.39, 0.29) is 10.8 Å². The first kappa shape index (κ1) is 14.4. The van der Waals surface area contributed by atoms with E-state index in [4.69, 9.17) is 0 Å². The number of hydrogen-bond donors (Lipinski definition) is 0. The first-order chi connectivity index (χ1) is 9.69. The molecule has 0 aromatic heterocycles. The zero-order valence-electron chi connectivity index (χ0n) is 14.0. The topological polar surface area (TPSA) is 0 Å². The van der Waals surface area contributed by atoms with Gasteiger partial charge in [-0.25, -0.2) is 0 Å². The third kappa shape index (κ3) is 2.31. The Labute approximate surface area is 129 Å². The Balaban J connectivity index is 2.31. The second-order valence-electron chi connectivity index (χ2n) is 8.18. The van der Waals surface area contributed by atoms with Gasteiger partial charge in [-0.1, -0.05) is 77.9 Å². The minimum absolute atomic E-state index is 0.145. The molecule has 0 aliphatic heterocycles. The molecule has 0 saturated carbocycles. The van der Waals surface area contributed by atoms with Crippen LogP contribution in [0.3, 0.4) is 0 Å². The van der Waals surface area contributed by atoms with E-state index in [9.17, 15) is 0 Å². The molecular formula is C21H25. The van der Waals surface area contributed by atoms with Crippen molar-refractivity contribution in [2.75, 3.05) is 0 Å². The van der Waals surface area contributed by atoms with Crippen molar-refractivity contribution in [3.63, 3.8) is 0 Å². The van der Waals surface area contributed by atoms with Crippen molar-refractivity contribution < 1.29 is 0 Å². The van der Waals surface area contributed by atoms with Gasteiger partial charge in [0.15, 0.2) is 0 Å². The highest BCUT2D eigenvalue weighted by Crippen LogP contribution is 2.46. The molecule has 0 bridgehead atoms. The molecule has 1 aliphatic rings. The summed E-state index contributed by atoms with van der Waals surface area (Å²) < 4.78 is 0. The van der Waals surface area contributed by atoms with E-state index in [2.05, 4.69) is 84.4 Å². The average molecular weight is 277 g/mol. The molecule has 0 atom stereocenters. The molecule has 2 aromatic rings. The smallest absolute Gasteiger partial charge is 0.0215 e. The van der Waals surface area contributed by atoms with Gasteiger partial charge in [0.1, 0.15) is 0 Å². The van der Waals surface area contributed by atoms with Crippen LogP contribution in [0.15, 0.2) is 36.4 Å². The van der Waals surface area contributed by atoms with Crippen LogP contribution in [-0.2, 0) is 10.8 Å². The van der Waals surface area contributed by atoms with Crippen LogP contribution in [0.5, 0.6) is 0 Å². The molecular weight excluding hydrogens is 252 g/mol.